The van der Waals surface area contributed by atoms with Crippen molar-refractivity contribution in [1.29, 1.82) is 0 Å². The van der Waals surface area contributed by atoms with Crippen molar-refractivity contribution >= 4 is 32.6 Å². The van der Waals surface area contributed by atoms with E-state index in [1.165, 1.54) is 11.3 Å². The molecule has 3 aromatic heterocycles. The van der Waals surface area contributed by atoms with Crippen molar-refractivity contribution in [3.63, 3.8) is 0 Å². The van der Waals surface area contributed by atoms with Crippen LogP contribution in [0.4, 0.5) is 5.13 Å². The van der Waals surface area contributed by atoms with Gasteiger partial charge in [-0.15, -0.1) is 0 Å². The number of amides is 1. The van der Waals surface area contributed by atoms with E-state index in [-0.39, 0.29) is 12.5 Å². The molecule has 0 aliphatic carbocycles. The van der Waals surface area contributed by atoms with Crippen LogP contribution in [0.5, 0.6) is 0 Å². The van der Waals surface area contributed by atoms with E-state index in [1.807, 2.05) is 76.2 Å². The van der Waals surface area contributed by atoms with Gasteiger partial charge < -0.3 is 9.73 Å². The highest BCUT2D eigenvalue weighted by Crippen LogP contribution is 2.28. The lowest BCUT2D eigenvalue weighted by Gasteiger charge is -2.05. The van der Waals surface area contributed by atoms with E-state index < -0.39 is 0 Å². The number of anilines is 1. The highest BCUT2D eigenvalue weighted by atomic mass is 32.1. The number of nitrogens with zero attached hydrogens (tertiary/aromatic N) is 4. The van der Waals surface area contributed by atoms with Crippen LogP contribution in [0, 0.1) is 27.7 Å². The fourth-order valence-corrected chi connectivity index (χ4v) is 4.93. The number of para-hydroxylation sites is 1. The van der Waals surface area contributed by atoms with Crippen LogP contribution >= 0.6 is 11.3 Å². The minimum Gasteiger partial charge on any atom is -0.441 e. The van der Waals surface area contributed by atoms with Crippen LogP contribution in [0.2, 0.25) is 0 Å². The molecule has 1 N–H and O–H groups in total. The molecule has 0 bridgehead atoms. The van der Waals surface area contributed by atoms with Crippen molar-refractivity contribution in [3.05, 3.63) is 82.5 Å². The van der Waals surface area contributed by atoms with Gasteiger partial charge in [-0.05, 0) is 51.5 Å². The third-order valence-corrected chi connectivity index (χ3v) is 6.93. The van der Waals surface area contributed by atoms with E-state index in [0.29, 0.717) is 17.4 Å². The lowest BCUT2D eigenvalue weighted by atomic mass is 10.1. The summed E-state index contributed by atoms with van der Waals surface area (Å²) < 4.78 is 8.77. The first-order valence-corrected chi connectivity index (χ1v) is 11.9. The molecule has 7 nitrogen and oxygen atoms in total. The Hall–Kier alpha value is -3.78. The van der Waals surface area contributed by atoms with E-state index in [4.69, 9.17) is 9.40 Å². The summed E-state index contributed by atoms with van der Waals surface area (Å²) in [6, 6.07) is 15.9. The van der Waals surface area contributed by atoms with Gasteiger partial charge in [0.1, 0.15) is 12.3 Å². The molecule has 3 heterocycles. The van der Waals surface area contributed by atoms with Crippen LogP contribution < -0.4 is 5.32 Å². The van der Waals surface area contributed by atoms with Gasteiger partial charge in [-0.3, -0.25) is 9.48 Å². The largest absolute Gasteiger partial charge is 0.441 e. The first kappa shape index (κ1) is 22.0. The molecule has 5 rings (SSSR count). The number of rotatable bonds is 6. The van der Waals surface area contributed by atoms with Crippen LogP contribution in [0.25, 0.3) is 21.7 Å². The van der Waals surface area contributed by atoms with Gasteiger partial charge in [0.05, 0.1) is 21.6 Å². The monoisotopic (exact) mass is 471 g/mol. The summed E-state index contributed by atoms with van der Waals surface area (Å²) >= 11 is 1.46. The summed E-state index contributed by atoms with van der Waals surface area (Å²) in [5, 5.41) is 8.11. The molecular weight excluding hydrogens is 446 g/mol. The normalized spacial score (nSPS) is 11.3. The maximum atomic E-state index is 12.7. The Morgan fingerprint density at radius 3 is 2.59 bits per heavy atom. The molecule has 0 unspecified atom stereocenters. The number of thiazole rings is 1. The van der Waals surface area contributed by atoms with Gasteiger partial charge in [0.15, 0.2) is 5.13 Å². The highest BCUT2D eigenvalue weighted by molar-refractivity contribution is 7.22. The number of nitrogens with one attached hydrogen (secondary N) is 1. The van der Waals surface area contributed by atoms with Crippen molar-refractivity contribution in [2.75, 3.05) is 5.32 Å². The number of aromatic nitrogens is 4. The quantitative estimate of drug-likeness (QED) is 0.348. The Morgan fingerprint density at radius 2 is 1.79 bits per heavy atom. The second-order valence-corrected chi connectivity index (χ2v) is 9.39. The molecule has 172 valence electrons. The molecule has 0 radical (unpaired) electrons. The van der Waals surface area contributed by atoms with Gasteiger partial charge in [-0.25, -0.2) is 9.97 Å². The zero-order valence-corrected chi connectivity index (χ0v) is 20.4. The molecule has 0 fully saturated rings. The summed E-state index contributed by atoms with van der Waals surface area (Å²) in [7, 11) is 0. The van der Waals surface area contributed by atoms with E-state index >= 15 is 0 Å². The minimum absolute atomic E-state index is 0.120. The number of hydrogen-bond acceptors (Lipinski definition) is 6. The average molecular weight is 472 g/mol. The molecular formula is C26H25N5O2S. The van der Waals surface area contributed by atoms with E-state index in [2.05, 4.69) is 15.4 Å². The van der Waals surface area contributed by atoms with E-state index in [9.17, 15) is 4.79 Å². The lowest BCUT2D eigenvalue weighted by Crippen LogP contribution is -2.20. The third-order valence-electron chi connectivity index (χ3n) is 5.98. The second-order valence-electron chi connectivity index (χ2n) is 8.36. The lowest BCUT2D eigenvalue weighted by molar-refractivity contribution is -0.116. The number of carbonyl (C=O) groups is 1. The fourth-order valence-electron chi connectivity index (χ4n) is 4.05. The molecule has 8 heteroatoms. The van der Waals surface area contributed by atoms with Crippen LogP contribution in [0.15, 0.2) is 52.9 Å². The smallest absolute Gasteiger partial charge is 0.247 e. The molecule has 0 aliphatic rings. The summed E-state index contributed by atoms with van der Waals surface area (Å²) in [6.45, 7) is 8.05. The first-order chi connectivity index (χ1) is 16.4. The minimum atomic E-state index is -0.157. The molecule has 0 saturated heterocycles. The van der Waals surface area contributed by atoms with Crippen LogP contribution in [0.3, 0.4) is 0 Å². The number of carbonyl (C=O) groups excluding carboxylic acids is 1. The summed E-state index contributed by atoms with van der Waals surface area (Å²) in [6.07, 6.45) is 0.596. The standard InChI is InChI=1S/C26H25N5O2S/c1-15-9-5-6-10-19(15)25-27-22(18(4)33-25)13-20-16(2)30-31(17(20)3)14-24(32)29-26-28-21-11-7-8-12-23(21)34-26/h5-12H,13-14H2,1-4H3,(H,28,29,32). The van der Waals surface area contributed by atoms with Gasteiger partial charge >= 0.3 is 0 Å². The molecule has 0 atom stereocenters. The molecule has 0 spiro atoms. The number of oxazole rings is 1. The number of fused-ring (bicyclic) bond motifs is 1. The molecule has 0 aliphatic heterocycles. The Balaban J connectivity index is 1.33. The van der Waals surface area contributed by atoms with Crippen molar-refractivity contribution in [1.82, 2.24) is 19.7 Å². The predicted octanol–water partition coefficient (Wildman–Crippen LogP) is 5.61. The summed E-state index contributed by atoms with van der Waals surface area (Å²) in [5.41, 5.74) is 6.75. The average Bonchev–Trinajstić information content (AvgIpc) is 3.45. The van der Waals surface area contributed by atoms with Crippen molar-refractivity contribution in [2.24, 2.45) is 0 Å². The molecule has 34 heavy (non-hydrogen) atoms. The Morgan fingerprint density at radius 1 is 1.03 bits per heavy atom. The van der Waals surface area contributed by atoms with E-state index in [0.717, 1.165) is 49.7 Å². The predicted molar refractivity (Wildman–Crippen MR) is 134 cm³/mol. The molecule has 1 amide bonds. The van der Waals surface area contributed by atoms with Crippen molar-refractivity contribution < 1.29 is 9.21 Å². The van der Waals surface area contributed by atoms with Crippen LogP contribution in [0.1, 0.15) is 34.0 Å². The van der Waals surface area contributed by atoms with Gasteiger partial charge in [0, 0.05) is 23.2 Å². The Labute approximate surface area is 201 Å². The van der Waals surface area contributed by atoms with Gasteiger partial charge in [-0.1, -0.05) is 41.7 Å². The summed E-state index contributed by atoms with van der Waals surface area (Å²) in [5.74, 6) is 1.26. The molecule has 5 aromatic rings. The van der Waals surface area contributed by atoms with Crippen LogP contribution in [-0.4, -0.2) is 25.7 Å². The molecule has 2 aromatic carbocycles. The Bertz CT molecular complexity index is 1480. The van der Waals surface area contributed by atoms with Crippen molar-refractivity contribution in [3.8, 4) is 11.5 Å². The van der Waals surface area contributed by atoms with Gasteiger partial charge in [0.2, 0.25) is 11.8 Å². The second kappa shape index (κ2) is 8.87. The molecule has 0 saturated carbocycles. The fraction of sp³-hybridized carbons (Fsp3) is 0.231. The van der Waals surface area contributed by atoms with E-state index in [1.54, 1.807) is 4.68 Å². The number of aryl methyl sites for hydroxylation is 3. The maximum Gasteiger partial charge on any atom is 0.247 e. The third kappa shape index (κ3) is 4.24. The zero-order chi connectivity index (χ0) is 23.8. The van der Waals surface area contributed by atoms with Crippen LogP contribution in [-0.2, 0) is 17.8 Å². The van der Waals surface area contributed by atoms with Gasteiger partial charge in [-0.2, -0.15) is 5.10 Å². The van der Waals surface area contributed by atoms with Crippen molar-refractivity contribution in [2.45, 2.75) is 40.7 Å². The van der Waals surface area contributed by atoms with Gasteiger partial charge in [0.25, 0.3) is 0 Å². The zero-order valence-electron chi connectivity index (χ0n) is 19.5. The topological polar surface area (TPSA) is 85.8 Å². The highest BCUT2D eigenvalue weighted by Gasteiger charge is 2.19. The Kier molecular flexibility index (Phi) is 5.75. The number of benzene rings is 2. The number of hydrogen-bond donors (Lipinski definition) is 1. The summed E-state index contributed by atoms with van der Waals surface area (Å²) in [4.78, 5) is 22.0. The maximum absolute atomic E-state index is 12.7. The SMILES string of the molecule is Cc1ccccc1-c1nc(Cc2c(C)nn(CC(=O)Nc3nc4ccccc4s3)c2C)c(C)o1. The first-order valence-electron chi connectivity index (χ1n) is 11.1.